The van der Waals surface area contributed by atoms with Gasteiger partial charge in [0.05, 0.1) is 11.5 Å². The van der Waals surface area contributed by atoms with Crippen molar-refractivity contribution in [3.05, 3.63) is 59.1 Å². The highest BCUT2D eigenvalue weighted by Gasteiger charge is 2.67. The average Bonchev–Trinajstić information content (AvgIpc) is 3.52. The smallest absolute Gasteiger partial charge is 0.237 e. The fourth-order valence-corrected chi connectivity index (χ4v) is 8.89. The number of nitrogens with one attached hydrogen (secondary N) is 2. The number of carbonyl (C=O) groups is 2. The molecule has 0 aliphatic heterocycles. The number of nitrogens with zero attached hydrogens (tertiary/aromatic N) is 1. The molecule has 5 saturated carbocycles. The van der Waals surface area contributed by atoms with Gasteiger partial charge in [-0.05, 0) is 92.0 Å². The number of pyridine rings is 1. The number of anilines is 1. The Labute approximate surface area is 221 Å². The van der Waals surface area contributed by atoms with E-state index in [1.807, 2.05) is 0 Å². The molecule has 2 amide bonds. The van der Waals surface area contributed by atoms with Crippen molar-refractivity contribution < 1.29 is 14.0 Å². The van der Waals surface area contributed by atoms with Crippen molar-refractivity contribution in [1.29, 1.82) is 0 Å². The molecular formula is C29H34ClFN4O2. The Balaban J connectivity index is 1.17. The highest BCUT2D eigenvalue weighted by Crippen LogP contribution is 2.68. The van der Waals surface area contributed by atoms with E-state index in [0.29, 0.717) is 17.5 Å². The normalized spacial score (nSPS) is 31.9. The lowest BCUT2D eigenvalue weighted by Crippen LogP contribution is -2.52. The van der Waals surface area contributed by atoms with Crippen LogP contribution in [0.3, 0.4) is 0 Å². The SMILES string of the molecule is NC(C(=O)NCC1(c2ccc(F)cc2Cl)CCCC1)C1C2CC3CC1C(C(=O)Nc1ccncc1)(C3)C2. The Bertz CT molecular complexity index is 1200. The minimum absolute atomic E-state index is 0.00382. The predicted molar refractivity (Wildman–Crippen MR) is 140 cm³/mol. The van der Waals surface area contributed by atoms with Gasteiger partial charge in [-0.25, -0.2) is 4.39 Å². The summed E-state index contributed by atoms with van der Waals surface area (Å²) in [6.45, 7) is 0.434. The molecule has 0 spiro atoms. The third kappa shape index (κ3) is 4.15. The number of hydrogen-bond donors (Lipinski definition) is 3. The van der Waals surface area contributed by atoms with E-state index in [1.54, 1.807) is 30.6 Å². The molecule has 4 N–H and O–H groups in total. The fraction of sp³-hybridized carbons (Fsp3) is 0.552. The van der Waals surface area contributed by atoms with Crippen LogP contribution in [0.4, 0.5) is 10.1 Å². The molecule has 5 fully saturated rings. The van der Waals surface area contributed by atoms with Gasteiger partial charge in [0.15, 0.2) is 0 Å². The van der Waals surface area contributed by atoms with Gasteiger partial charge in [0.1, 0.15) is 5.82 Å². The minimum Gasteiger partial charge on any atom is -0.354 e. The van der Waals surface area contributed by atoms with Gasteiger partial charge in [-0.3, -0.25) is 14.6 Å². The number of aromatic nitrogens is 1. The summed E-state index contributed by atoms with van der Waals surface area (Å²) in [5.41, 5.74) is 7.58. The number of amides is 2. The summed E-state index contributed by atoms with van der Waals surface area (Å²) >= 11 is 6.45. The molecule has 6 nitrogen and oxygen atoms in total. The van der Waals surface area contributed by atoms with Crippen molar-refractivity contribution in [2.24, 2.45) is 34.8 Å². The quantitative estimate of drug-likeness (QED) is 0.483. The lowest BCUT2D eigenvalue weighted by Gasteiger charge is -2.36. The number of nitrogens with two attached hydrogens (primary N) is 1. The number of rotatable bonds is 7. The summed E-state index contributed by atoms with van der Waals surface area (Å²) in [7, 11) is 0. The predicted octanol–water partition coefficient (Wildman–Crippen LogP) is 4.82. The van der Waals surface area contributed by atoms with E-state index < -0.39 is 11.5 Å². The molecular weight excluding hydrogens is 491 g/mol. The third-order valence-electron chi connectivity index (χ3n) is 9.99. The summed E-state index contributed by atoms with van der Waals surface area (Å²) in [4.78, 5) is 31.1. The van der Waals surface area contributed by atoms with Crippen LogP contribution in [0.15, 0.2) is 42.7 Å². The molecule has 1 aromatic carbocycles. The molecule has 2 aromatic rings. The summed E-state index contributed by atoms with van der Waals surface area (Å²) in [6.07, 6.45) is 10.9. The topological polar surface area (TPSA) is 97.1 Å². The maximum Gasteiger partial charge on any atom is 0.237 e. The third-order valence-corrected chi connectivity index (χ3v) is 10.3. The molecule has 0 radical (unpaired) electrons. The Morgan fingerprint density at radius 3 is 2.62 bits per heavy atom. The first-order valence-corrected chi connectivity index (χ1v) is 13.9. The zero-order valence-corrected chi connectivity index (χ0v) is 21.6. The van der Waals surface area contributed by atoms with Gasteiger partial charge in [0.25, 0.3) is 0 Å². The Kier molecular flexibility index (Phi) is 6.27. The van der Waals surface area contributed by atoms with Gasteiger partial charge < -0.3 is 16.4 Å². The van der Waals surface area contributed by atoms with E-state index >= 15 is 0 Å². The van der Waals surface area contributed by atoms with Crippen molar-refractivity contribution in [2.75, 3.05) is 11.9 Å². The van der Waals surface area contributed by atoms with Gasteiger partial charge >= 0.3 is 0 Å². The molecule has 8 heteroatoms. The molecule has 1 aromatic heterocycles. The maximum absolute atomic E-state index is 13.7. The molecule has 6 unspecified atom stereocenters. The molecule has 1 heterocycles. The van der Waals surface area contributed by atoms with Gasteiger partial charge in [0.2, 0.25) is 11.8 Å². The van der Waals surface area contributed by atoms with Crippen LogP contribution in [0.5, 0.6) is 0 Å². The van der Waals surface area contributed by atoms with Gasteiger partial charge in [-0.15, -0.1) is 0 Å². The van der Waals surface area contributed by atoms with E-state index in [2.05, 4.69) is 15.6 Å². The standard InChI is InChI=1S/C29H34ClFN4O2/c30-23-13-19(31)3-4-21(23)28(7-1-2-8-28)16-34-26(36)25(32)24-18-11-17-12-22(24)29(14-17,15-18)27(37)35-20-5-9-33-10-6-20/h3-6,9-10,13,17-18,22,24-25H,1-2,7-8,11-12,14-16,32H2,(H,34,36)(H,33,35,37). The molecule has 4 bridgehead atoms. The number of halogens is 2. The summed E-state index contributed by atoms with van der Waals surface area (Å²) < 4.78 is 13.7. The second kappa shape index (κ2) is 9.35. The van der Waals surface area contributed by atoms with E-state index in [-0.39, 0.29) is 40.8 Å². The highest BCUT2D eigenvalue weighted by atomic mass is 35.5. The maximum atomic E-state index is 13.7. The first kappa shape index (κ1) is 24.8. The van der Waals surface area contributed by atoms with Crippen LogP contribution < -0.4 is 16.4 Å². The van der Waals surface area contributed by atoms with E-state index in [4.69, 9.17) is 17.3 Å². The Hall–Kier alpha value is -2.51. The van der Waals surface area contributed by atoms with E-state index in [1.165, 1.54) is 12.1 Å². The fourth-order valence-electron chi connectivity index (χ4n) is 8.53. The summed E-state index contributed by atoms with van der Waals surface area (Å²) in [5, 5.41) is 6.68. The van der Waals surface area contributed by atoms with Crippen LogP contribution in [-0.2, 0) is 15.0 Å². The lowest BCUT2D eigenvalue weighted by molar-refractivity contribution is -0.128. The summed E-state index contributed by atoms with van der Waals surface area (Å²) in [5.74, 6) is 0.467. The second-order valence-electron chi connectivity index (χ2n) is 11.9. The zero-order chi connectivity index (χ0) is 25.8. The number of hydrogen-bond acceptors (Lipinski definition) is 4. The zero-order valence-electron chi connectivity index (χ0n) is 20.9. The van der Waals surface area contributed by atoms with Crippen LogP contribution in [0.1, 0.15) is 56.9 Å². The molecule has 0 saturated heterocycles. The molecule has 37 heavy (non-hydrogen) atoms. The van der Waals surface area contributed by atoms with Gasteiger partial charge in [-0.2, -0.15) is 0 Å². The van der Waals surface area contributed by atoms with Crippen LogP contribution in [0, 0.1) is 34.9 Å². The molecule has 5 aliphatic rings. The average molecular weight is 525 g/mol. The van der Waals surface area contributed by atoms with E-state index in [9.17, 15) is 14.0 Å². The van der Waals surface area contributed by atoms with E-state index in [0.717, 1.165) is 62.6 Å². The Morgan fingerprint density at radius 2 is 1.89 bits per heavy atom. The summed E-state index contributed by atoms with van der Waals surface area (Å²) in [6, 6.07) is 7.50. The van der Waals surface area contributed by atoms with Crippen LogP contribution in [-0.4, -0.2) is 29.4 Å². The van der Waals surface area contributed by atoms with Gasteiger partial charge in [0, 0.05) is 35.1 Å². The van der Waals surface area contributed by atoms with Crippen molar-refractivity contribution in [3.63, 3.8) is 0 Å². The van der Waals surface area contributed by atoms with Crippen LogP contribution in [0.2, 0.25) is 5.02 Å². The van der Waals surface area contributed by atoms with Crippen molar-refractivity contribution in [2.45, 2.75) is 62.8 Å². The minimum atomic E-state index is -0.660. The van der Waals surface area contributed by atoms with Crippen molar-refractivity contribution >= 4 is 29.1 Å². The largest absolute Gasteiger partial charge is 0.354 e. The highest BCUT2D eigenvalue weighted by molar-refractivity contribution is 6.31. The molecule has 6 atom stereocenters. The monoisotopic (exact) mass is 524 g/mol. The van der Waals surface area contributed by atoms with Crippen LogP contribution >= 0.6 is 11.6 Å². The second-order valence-corrected chi connectivity index (χ2v) is 12.3. The number of carbonyl (C=O) groups excluding carboxylic acids is 2. The molecule has 5 aliphatic carbocycles. The van der Waals surface area contributed by atoms with Crippen molar-refractivity contribution in [3.8, 4) is 0 Å². The number of benzene rings is 1. The van der Waals surface area contributed by atoms with Crippen molar-refractivity contribution in [1.82, 2.24) is 10.3 Å². The Morgan fingerprint density at radius 1 is 1.14 bits per heavy atom. The van der Waals surface area contributed by atoms with Gasteiger partial charge in [-0.1, -0.05) is 30.5 Å². The first-order chi connectivity index (χ1) is 17.8. The first-order valence-electron chi connectivity index (χ1n) is 13.5. The molecule has 7 rings (SSSR count). The molecule has 196 valence electrons. The van der Waals surface area contributed by atoms with Crippen LogP contribution in [0.25, 0.3) is 0 Å². The lowest BCUT2D eigenvalue weighted by atomic mass is 9.72.